The number of anilines is 1. The predicted octanol–water partition coefficient (Wildman–Crippen LogP) is 2.06. The minimum atomic E-state index is -1.07. The summed E-state index contributed by atoms with van der Waals surface area (Å²) in [4.78, 5) is 23.7. The number of rotatable bonds is 2. The number of benzene rings is 1. The molecule has 0 aromatic heterocycles. The van der Waals surface area contributed by atoms with Gasteiger partial charge >= 0.3 is 5.97 Å². The molecule has 0 spiro atoms. The third kappa shape index (κ3) is 2.10. The average molecular weight is 258 g/mol. The van der Waals surface area contributed by atoms with Crippen molar-refractivity contribution < 1.29 is 19.1 Å². The lowest BCUT2D eigenvalue weighted by Gasteiger charge is -2.21. The first-order valence-electron chi connectivity index (χ1n) is 5.00. The van der Waals surface area contributed by atoms with Crippen molar-refractivity contribution in [1.82, 2.24) is 0 Å². The van der Waals surface area contributed by atoms with Crippen LogP contribution in [0, 0.1) is 5.82 Å². The highest BCUT2D eigenvalue weighted by atomic mass is 35.5. The molecule has 1 aliphatic rings. The maximum absolute atomic E-state index is 13.0. The molecule has 90 valence electrons. The molecular formula is C11H9ClFNO3. The number of halogens is 2. The molecule has 1 heterocycles. The standard InChI is InChI=1S/C11H9ClFNO3/c12-7-5-6(1-2-8(7)13)14-9(11(16)17)3-4-10(14)15/h1-2,5,9H,3-4H2,(H,16,17). The van der Waals surface area contributed by atoms with E-state index in [4.69, 9.17) is 16.7 Å². The Balaban J connectivity index is 2.39. The van der Waals surface area contributed by atoms with Gasteiger partial charge in [-0.2, -0.15) is 0 Å². The number of carbonyl (C=O) groups is 2. The molecule has 1 atom stereocenters. The van der Waals surface area contributed by atoms with Gasteiger partial charge in [-0.1, -0.05) is 11.6 Å². The summed E-state index contributed by atoms with van der Waals surface area (Å²) in [5.74, 6) is -1.97. The number of hydrogen-bond donors (Lipinski definition) is 1. The molecule has 0 aliphatic carbocycles. The molecule has 0 saturated carbocycles. The van der Waals surface area contributed by atoms with Crippen LogP contribution in [0.3, 0.4) is 0 Å². The maximum atomic E-state index is 13.0. The zero-order valence-electron chi connectivity index (χ0n) is 8.69. The Morgan fingerprint density at radius 1 is 1.53 bits per heavy atom. The first-order valence-corrected chi connectivity index (χ1v) is 5.38. The Hall–Kier alpha value is -1.62. The fourth-order valence-corrected chi connectivity index (χ4v) is 2.05. The van der Waals surface area contributed by atoms with Crippen LogP contribution in [0.4, 0.5) is 10.1 Å². The van der Waals surface area contributed by atoms with Crippen molar-refractivity contribution in [2.45, 2.75) is 18.9 Å². The minimum absolute atomic E-state index is 0.133. The molecule has 1 aromatic rings. The van der Waals surface area contributed by atoms with Crippen LogP contribution in [0.5, 0.6) is 0 Å². The molecule has 0 radical (unpaired) electrons. The molecule has 1 unspecified atom stereocenters. The quantitative estimate of drug-likeness (QED) is 0.882. The Morgan fingerprint density at radius 2 is 2.24 bits per heavy atom. The fraction of sp³-hybridized carbons (Fsp3) is 0.273. The molecule has 1 aromatic carbocycles. The number of carbonyl (C=O) groups excluding carboxylic acids is 1. The zero-order valence-corrected chi connectivity index (χ0v) is 9.45. The second-order valence-electron chi connectivity index (χ2n) is 3.75. The molecule has 17 heavy (non-hydrogen) atoms. The highest BCUT2D eigenvalue weighted by Crippen LogP contribution is 2.29. The Labute approximate surface area is 102 Å². The Bertz CT molecular complexity index is 492. The van der Waals surface area contributed by atoms with Crippen molar-refractivity contribution in [3.8, 4) is 0 Å². The van der Waals surface area contributed by atoms with Crippen molar-refractivity contribution in [2.75, 3.05) is 4.90 Å². The first-order chi connectivity index (χ1) is 8.00. The molecule has 0 bridgehead atoms. The molecule has 2 rings (SSSR count). The van der Waals surface area contributed by atoms with Gasteiger partial charge in [-0.3, -0.25) is 9.69 Å². The van der Waals surface area contributed by atoms with Gasteiger partial charge in [-0.05, 0) is 24.6 Å². The summed E-state index contributed by atoms with van der Waals surface area (Å²) in [5.41, 5.74) is 0.311. The highest BCUT2D eigenvalue weighted by molar-refractivity contribution is 6.31. The highest BCUT2D eigenvalue weighted by Gasteiger charge is 2.37. The average Bonchev–Trinajstić information content (AvgIpc) is 2.64. The lowest BCUT2D eigenvalue weighted by molar-refractivity contribution is -0.138. The van der Waals surface area contributed by atoms with Crippen molar-refractivity contribution >= 4 is 29.2 Å². The van der Waals surface area contributed by atoms with Crippen LogP contribution in [0.2, 0.25) is 5.02 Å². The van der Waals surface area contributed by atoms with E-state index in [2.05, 4.69) is 0 Å². The predicted molar refractivity (Wildman–Crippen MR) is 59.6 cm³/mol. The summed E-state index contributed by atoms with van der Waals surface area (Å²) >= 11 is 5.61. The van der Waals surface area contributed by atoms with Gasteiger partial charge < -0.3 is 5.11 Å². The molecule has 6 heteroatoms. The molecule has 1 saturated heterocycles. The summed E-state index contributed by atoms with van der Waals surface area (Å²) in [6, 6.07) is 2.82. The van der Waals surface area contributed by atoms with Gasteiger partial charge in [0.2, 0.25) is 5.91 Å². The third-order valence-corrected chi connectivity index (χ3v) is 2.97. The molecular weight excluding hydrogens is 249 g/mol. The number of amides is 1. The van der Waals surface area contributed by atoms with Crippen molar-refractivity contribution in [3.63, 3.8) is 0 Å². The second-order valence-corrected chi connectivity index (χ2v) is 4.16. The van der Waals surface area contributed by atoms with Crippen LogP contribution in [-0.2, 0) is 9.59 Å². The van der Waals surface area contributed by atoms with Gasteiger partial charge in [0, 0.05) is 12.1 Å². The van der Waals surface area contributed by atoms with E-state index in [1.165, 1.54) is 12.1 Å². The van der Waals surface area contributed by atoms with Crippen LogP contribution in [0.15, 0.2) is 18.2 Å². The summed E-state index contributed by atoms with van der Waals surface area (Å²) in [6.07, 6.45) is 0.426. The van der Waals surface area contributed by atoms with E-state index in [9.17, 15) is 14.0 Å². The van der Waals surface area contributed by atoms with Gasteiger partial charge in [0.15, 0.2) is 0 Å². The number of aliphatic carboxylic acids is 1. The van der Waals surface area contributed by atoms with Crippen LogP contribution in [0.25, 0.3) is 0 Å². The van der Waals surface area contributed by atoms with Gasteiger partial charge in [0.05, 0.1) is 5.02 Å². The van der Waals surface area contributed by atoms with Crippen LogP contribution >= 0.6 is 11.6 Å². The van der Waals surface area contributed by atoms with Crippen molar-refractivity contribution in [2.24, 2.45) is 0 Å². The van der Waals surface area contributed by atoms with E-state index >= 15 is 0 Å². The number of hydrogen-bond acceptors (Lipinski definition) is 2. The van der Waals surface area contributed by atoms with Gasteiger partial charge in [-0.15, -0.1) is 0 Å². The molecule has 1 aliphatic heterocycles. The normalized spacial score (nSPS) is 19.8. The maximum Gasteiger partial charge on any atom is 0.326 e. The Morgan fingerprint density at radius 3 is 2.82 bits per heavy atom. The second kappa shape index (κ2) is 4.33. The van der Waals surface area contributed by atoms with Crippen LogP contribution < -0.4 is 4.90 Å². The van der Waals surface area contributed by atoms with E-state index in [1.54, 1.807) is 0 Å². The number of nitrogens with zero attached hydrogens (tertiary/aromatic N) is 1. The molecule has 1 N–H and O–H groups in total. The zero-order chi connectivity index (χ0) is 12.6. The SMILES string of the molecule is O=C(O)C1CCC(=O)N1c1ccc(F)c(Cl)c1. The third-order valence-electron chi connectivity index (χ3n) is 2.68. The number of carboxylic acids is 1. The lowest BCUT2D eigenvalue weighted by Crippen LogP contribution is -2.38. The van der Waals surface area contributed by atoms with E-state index in [0.29, 0.717) is 5.69 Å². The topological polar surface area (TPSA) is 57.6 Å². The number of carboxylic acid groups (broad SMARTS) is 1. The molecule has 1 fully saturated rings. The van der Waals surface area contributed by atoms with Crippen molar-refractivity contribution in [3.05, 3.63) is 29.0 Å². The largest absolute Gasteiger partial charge is 0.480 e. The van der Waals surface area contributed by atoms with E-state index < -0.39 is 17.8 Å². The van der Waals surface area contributed by atoms with Gasteiger partial charge in [0.1, 0.15) is 11.9 Å². The lowest BCUT2D eigenvalue weighted by atomic mass is 10.2. The Kier molecular flexibility index (Phi) is 3.02. The van der Waals surface area contributed by atoms with E-state index in [-0.39, 0.29) is 23.8 Å². The molecule has 1 amide bonds. The van der Waals surface area contributed by atoms with E-state index in [0.717, 1.165) is 11.0 Å². The van der Waals surface area contributed by atoms with E-state index in [1.807, 2.05) is 0 Å². The monoisotopic (exact) mass is 257 g/mol. The van der Waals surface area contributed by atoms with Crippen LogP contribution in [-0.4, -0.2) is 23.0 Å². The van der Waals surface area contributed by atoms with Gasteiger partial charge in [-0.25, -0.2) is 9.18 Å². The first kappa shape index (κ1) is 11.9. The van der Waals surface area contributed by atoms with Crippen LogP contribution in [0.1, 0.15) is 12.8 Å². The van der Waals surface area contributed by atoms with Crippen molar-refractivity contribution in [1.29, 1.82) is 0 Å². The smallest absolute Gasteiger partial charge is 0.326 e. The fourth-order valence-electron chi connectivity index (χ4n) is 1.88. The summed E-state index contributed by atoms with van der Waals surface area (Å²) in [5, 5.41) is 8.85. The summed E-state index contributed by atoms with van der Waals surface area (Å²) < 4.78 is 13.0. The summed E-state index contributed by atoms with van der Waals surface area (Å²) in [7, 11) is 0. The minimum Gasteiger partial charge on any atom is -0.480 e. The van der Waals surface area contributed by atoms with Gasteiger partial charge in [0.25, 0.3) is 0 Å². The summed E-state index contributed by atoms with van der Waals surface area (Å²) in [6.45, 7) is 0. The molecule has 4 nitrogen and oxygen atoms in total.